The van der Waals surface area contributed by atoms with E-state index < -0.39 is 6.29 Å². The highest BCUT2D eigenvalue weighted by Gasteiger charge is 2.34. The summed E-state index contributed by atoms with van der Waals surface area (Å²) >= 11 is 0. The fourth-order valence-electron chi connectivity index (χ4n) is 1.81. The zero-order valence-corrected chi connectivity index (χ0v) is 9.89. The number of carbonyl (C=O) groups is 2. The van der Waals surface area contributed by atoms with Crippen molar-refractivity contribution in [2.75, 3.05) is 0 Å². The van der Waals surface area contributed by atoms with Gasteiger partial charge in [-0.25, -0.2) is 0 Å². The second-order valence-corrected chi connectivity index (χ2v) is 3.85. The Morgan fingerprint density at radius 2 is 2.00 bits per heavy atom. The third kappa shape index (κ3) is 3.81. The normalized spacial score (nSPS) is 26.2. The van der Waals surface area contributed by atoms with Gasteiger partial charge in [-0.3, -0.25) is 9.59 Å². The minimum absolute atomic E-state index is 0.168. The lowest BCUT2D eigenvalue weighted by molar-refractivity contribution is -0.185. The van der Waals surface area contributed by atoms with Crippen molar-refractivity contribution in [3.05, 3.63) is 0 Å². The largest absolute Gasteiger partial charge is 0.460 e. The SMILES string of the molecule is CCC(OC(C)=O)[C@@H]1CCC(OC(C)=O)O1. The van der Waals surface area contributed by atoms with Gasteiger partial charge in [0.1, 0.15) is 6.10 Å². The van der Waals surface area contributed by atoms with Gasteiger partial charge in [-0.2, -0.15) is 0 Å². The van der Waals surface area contributed by atoms with Gasteiger partial charge < -0.3 is 14.2 Å². The molecular weight excluding hydrogens is 212 g/mol. The Morgan fingerprint density at radius 3 is 2.50 bits per heavy atom. The highest BCUT2D eigenvalue weighted by Crippen LogP contribution is 2.26. The first-order valence-electron chi connectivity index (χ1n) is 5.52. The Balaban J connectivity index is 2.43. The van der Waals surface area contributed by atoms with Crippen LogP contribution in [0.15, 0.2) is 0 Å². The maximum Gasteiger partial charge on any atom is 0.304 e. The second-order valence-electron chi connectivity index (χ2n) is 3.85. The highest BCUT2D eigenvalue weighted by atomic mass is 16.7. The van der Waals surface area contributed by atoms with E-state index >= 15 is 0 Å². The third-order valence-corrected chi connectivity index (χ3v) is 2.45. The molecule has 1 saturated heterocycles. The molecule has 1 aliphatic heterocycles. The molecule has 0 amide bonds. The first-order valence-corrected chi connectivity index (χ1v) is 5.52. The lowest BCUT2D eigenvalue weighted by Gasteiger charge is -2.22. The van der Waals surface area contributed by atoms with Crippen molar-refractivity contribution in [2.45, 2.75) is 58.5 Å². The molecule has 0 radical (unpaired) electrons. The van der Waals surface area contributed by atoms with Crippen LogP contribution in [0, 0.1) is 0 Å². The molecule has 1 rings (SSSR count). The second kappa shape index (κ2) is 5.84. The Morgan fingerprint density at radius 1 is 1.31 bits per heavy atom. The molecular formula is C11H18O5. The third-order valence-electron chi connectivity index (χ3n) is 2.45. The first kappa shape index (κ1) is 13.0. The Hall–Kier alpha value is -1.10. The topological polar surface area (TPSA) is 61.8 Å². The van der Waals surface area contributed by atoms with Crippen LogP contribution in [-0.4, -0.2) is 30.4 Å². The Labute approximate surface area is 95.0 Å². The van der Waals surface area contributed by atoms with Crippen LogP contribution in [0.4, 0.5) is 0 Å². The summed E-state index contributed by atoms with van der Waals surface area (Å²) in [6.45, 7) is 4.65. The van der Waals surface area contributed by atoms with E-state index in [0.717, 1.165) is 6.42 Å². The minimum Gasteiger partial charge on any atom is -0.460 e. The van der Waals surface area contributed by atoms with Crippen LogP contribution in [0.5, 0.6) is 0 Å². The lowest BCUT2D eigenvalue weighted by Crippen LogP contribution is -2.31. The van der Waals surface area contributed by atoms with Crippen molar-refractivity contribution < 1.29 is 23.8 Å². The zero-order chi connectivity index (χ0) is 12.1. The standard InChI is InChI=1S/C11H18O5/c1-4-9(14-7(2)12)10-5-6-11(16-10)15-8(3)13/h9-11H,4-6H2,1-3H3/t9?,10-,11?/m0/s1. The van der Waals surface area contributed by atoms with Crippen molar-refractivity contribution in [2.24, 2.45) is 0 Å². The van der Waals surface area contributed by atoms with Crippen LogP contribution in [0.3, 0.4) is 0 Å². The molecule has 0 bridgehead atoms. The average molecular weight is 230 g/mol. The van der Waals surface area contributed by atoms with E-state index in [-0.39, 0.29) is 24.1 Å². The van der Waals surface area contributed by atoms with Gasteiger partial charge in [0.25, 0.3) is 0 Å². The summed E-state index contributed by atoms with van der Waals surface area (Å²) < 4.78 is 15.6. The molecule has 1 fully saturated rings. The molecule has 92 valence electrons. The number of esters is 2. The fraction of sp³-hybridized carbons (Fsp3) is 0.818. The highest BCUT2D eigenvalue weighted by molar-refractivity contribution is 5.66. The molecule has 3 atom stereocenters. The summed E-state index contributed by atoms with van der Waals surface area (Å²) in [5.74, 6) is -0.669. The predicted octanol–water partition coefficient (Wildman–Crippen LogP) is 1.40. The number of hydrogen-bond acceptors (Lipinski definition) is 5. The molecule has 0 aromatic carbocycles. The minimum atomic E-state index is -0.493. The van der Waals surface area contributed by atoms with Gasteiger partial charge in [0.2, 0.25) is 6.29 Å². The maximum absolute atomic E-state index is 10.9. The molecule has 1 aliphatic rings. The summed E-state index contributed by atoms with van der Waals surface area (Å²) in [6.07, 6.45) is 1.17. The molecule has 0 saturated carbocycles. The van der Waals surface area contributed by atoms with E-state index in [0.29, 0.717) is 12.8 Å². The number of hydrogen-bond donors (Lipinski definition) is 0. The quantitative estimate of drug-likeness (QED) is 0.683. The number of rotatable bonds is 4. The summed E-state index contributed by atoms with van der Waals surface area (Å²) in [4.78, 5) is 21.6. The van der Waals surface area contributed by atoms with Crippen LogP contribution in [0.25, 0.3) is 0 Å². The van der Waals surface area contributed by atoms with Crippen LogP contribution in [0.2, 0.25) is 0 Å². The van der Waals surface area contributed by atoms with Crippen molar-refractivity contribution in [3.8, 4) is 0 Å². The van der Waals surface area contributed by atoms with Crippen LogP contribution >= 0.6 is 0 Å². The van der Waals surface area contributed by atoms with E-state index in [4.69, 9.17) is 14.2 Å². The van der Waals surface area contributed by atoms with Gasteiger partial charge in [-0.05, 0) is 12.8 Å². The van der Waals surface area contributed by atoms with E-state index in [1.165, 1.54) is 13.8 Å². The van der Waals surface area contributed by atoms with Crippen molar-refractivity contribution in [1.29, 1.82) is 0 Å². The van der Waals surface area contributed by atoms with Crippen LogP contribution < -0.4 is 0 Å². The molecule has 0 aromatic rings. The fourth-order valence-corrected chi connectivity index (χ4v) is 1.81. The van der Waals surface area contributed by atoms with Crippen molar-refractivity contribution in [1.82, 2.24) is 0 Å². The summed E-state index contributed by atoms with van der Waals surface area (Å²) in [5.41, 5.74) is 0. The van der Waals surface area contributed by atoms with E-state index in [9.17, 15) is 9.59 Å². The van der Waals surface area contributed by atoms with Gasteiger partial charge in [-0.1, -0.05) is 6.92 Å². The Kier molecular flexibility index (Phi) is 4.73. The molecule has 16 heavy (non-hydrogen) atoms. The van der Waals surface area contributed by atoms with E-state index in [2.05, 4.69) is 0 Å². The van der Waals surface area contributed by atoms with E-state index in [1.807, 2.05) is 6.92 Å². The molecule has 5 heteroatoms. The molecule has 0 N–H and O–H groups in total. The monoisotopic (exact) mass is 230 g/mol. The zero-order valence-electron chi connectivity index (χ0n) is 9.89. The van der Waals surface area contributed by atoms with E-state index in [1.54, 1.807) is 0 Å². The summed E-state index contributed by atoms with van der Waals surface area (Å²) in [5, 5.41) is 0. The number of ether oxygens (including phenoxy) is 3. The van der Waals surface area contributed by atoms with Crippen molar-refractivity contribution in [3.63, 3.8) is 0 Å². The van der Waals surface area contributed by atoms with Gasteiger partial charge in [0.05, 0.1) is 6.10 Å². The molecule has 2 unspecified atom stereocenters. The van der Waals surface area contributed by atoms with Crippen LogP contribution in [0.1, 0.15) is 40.0 Å². The van der Waals surface area contributed by atoms with Gasteiger partial charge in [0.15, 0.2) is 0 Å². The van der Waals surface area contributed by atoms with Gasteiger partial charge in [-0.15, -0.1) is 0 Å². The molecule has 1 heterocycles. The first-order chi connectivity index (χ1) is 7.52. The average Bonchev–Trinajstić information content (AvgIpc) is 2.61. The van der Waals surface area contributed by atoms with Gasteiger partial charge >= 0.3 is 11.9 Å². The van der Waals surface area contributed by atoms with Crippen LogP contribution in [-0.2, 0) is 23.8 Å². The van der Waals surface area contributed by atoms with Crippen molar-refractivity contribution >= 4 is 11.9 Å². The molecule has 0 aliphatic carbocycles. The smallest absolute Gasteiger partial charge is 0.304 e. The predicted molar refractivity (Wildman–Crippen MR) is 55.5 cm³/mol. The Bertz CT molecular complexity index is 263. The lowest BCUT2D eigenvalue weighted by atomic mass is 10.1. The molecule has 0 aromatic heterocycles. The molecule has 0 spiro atoms. The van der Waals surface area contributed by atoms with Gasteiger partial charge in [0, 0.05) is 20.3 Å². The maximum atomic E-state index is 10.9. The summed E-state index contributed by atoms with van der Waals surface area (Å²) in [6, 6.07) is 0. The molecule has 5 nitrogen and oxygen atoms in total. The summed E-state index contributed by atoms with van der Waals surface area (Å²) in [7, 11) is 0. The number of carbonyl (C=O) groups excluding carboxylic acids is 2.